The normalized spacial score (nSPS) is 14.8. The Morgan fingerprint density at radius 2 is 1.45 bits per heavy atom. The number of hydrogen-bond acceptors (Lipinski definition) is 1. The van der Waals surface area contributed by atoms with E-state index in [0.29, 0.717) is 5.92 Å². The van der Waals surface area contributed by atoms with E-state index < -0.39 is 0 Å². The van der Waals surface area contributed by atoms with Crippen LogP contribution in [0.5, 0.6) is 0 Å². The number of halogens is 2. The quantitative estimate of drug-likeness (QED) is 0.424. The van der Waals surface area contributed by atoms with E-state index in [0.717, 1.165) is 0 Å². The third-order valence-electron chi connectivity index (χ3n) is 2.24. The first-order valence-electron chi connectivity index (χ1n) is 6.32. The standard InChI is InChI=1S/C9H13.C4H10N.C2H5O.CH3.CH2.2ClH.Ti/c1-6-5-7(2)9(4)8(6)3;1-4(2,3)5;1-2-3;;;;;/h6H,1-4H3;5H,1-3H3;3H,1-2H2;1H3;1H2;2*1H;/q4*-1;;;;. The van der Waals surface area contributed by atoms with Gasteiger partial charge in [-0.15, -0.1) is 37.3 Å². The second-order valence-corrected chi connectivity index (χ2v) is 5.27. The van der Waals surface area contributed by atoms with Crippen LogP contribution in [-0.4, -0.2) is 22.1 Å². The zero-order chi connectivity index (χ0) is 16.2. The molecule has 0 aromatic rings. The average molecular weight is 388 g/mol. The molecule has 0 saturated heterocycles. The van der Waals surface area contributed by atoms with Crippen LogP contribution in [0.25, 0.3) is 5.73 Å². The zero-order valence-electron chi connectivity index (χ0n) is 15.5. The number of allylic oxidation sites excluding steroid dienone is 4. The number of hydrogen-bond donors (Lipinski definition) is 1. The van der Waals surface area contributed by atoms with Gasteiger partial charge in [-0.2, -0.15) is 11.1 Å². The van der Waals surface area contributed by atoms with Gasteiger partial charge in [0.1, 0.15) is 0 Å². The van der Waals surface area contributed by atoms with Crippen LogP contribution in [0.1, 0.15) is 48.5 Å². The Bertz CT molecular complexity index is 292. The fraction of sp³-hybridized carbons (Fsp3) is 0.588. The van der Waals surface area contributed by atoms with Gasteiger partial charge in [0.05, 0.1) is 0 Å². The summed E-state index contributed by atoms with van der Waals surface area (Å²) in [6.45, 7) is 17.3. The van der Waals surface area contributed by atoms with Gasteiger partial charge < -0.3 is 25.2 Å². The largest absolute Gasteiger partial charge is 0.358 e. The minimum atomic E-state index is -0.250. The first kappa shape index (κ1) is 38.2. The summed E-state index contributed by atoms with van der Waals surface area (Å²) in [6.07, 6.45) is 3.36. The maximum absolute atomic E-state index is 7.46. The Balaban J connectivity index is -0.0000000433. The maximum Gasteiger partial charge on any atom is -0.358 e. The number of rotatable bonds is 0. The van der Waals surface area contributed by atoms with Crippen LogP contribution in [0.15, 0.2) is 16.7 Å². The molecule has 0 radical (unpaired) electrons. The van der Waals surface area contributed by atoms with Crippen molar-refractivity contribution in [2.45, 2.75) is 54.0 Å². The summed E-state index contributed by atoms with van der Waals surface area (Å²) in [4.78, 5) is 3.25. The Hall–Kier alpha value is 0.564. The van der Waals surface area contributed by atoms with Crippen molar-refractivity contribution in [1.29, 1.82) is 0 Å². The van der Waals surface area contributed by atoms with Gasteiger partial charge in [-0.3, -0.25) is 6.08 Å². The first-order chi connectivity index (χ1) is 8.54. The first-order valence-corrected chi connectivity index (χ1v) is 7.43. The summed E-state index contributed by atoms with van der Waals surface area (Å²) in [6, 6.07) is 0. The molecule has 22 heavy (non-hydrogen) atoms. The summed E-state index contributed by atoms with van der Waals surface area (Å²) in [5, 5.41) is 7.46. The van der Waals surface area contributed by atoms with Gasteiger partial charge in [0.15, 0.2) is 0 Å². The van der Waals surface area contributed by atoms with Gasteiger partial charge in [-0.25, -0.2) is 5.57 Å². The predicted molar refractivity (Wildman–Crippen MR) is 105 cm³/mol. The van der Waals surface area contributed by atoms with Gasteiger partial charge >= 0.3 is 24.8 Å². The van der Waals surface area contributed by atoms with Crippen molar-refractivity contribution in [3.05, 3.63) is 42.9 Å². The minimum absolute atomic E-state index is 0. The molecule has 1 atom stereocenters. The molecule has 5 heteroatoms. The molecule has 2 nitrogen and oxygen atoms in total. The molecule has 0 aliphatic heterocycles. The van der Waals surface area contributed by atoms with Crippen molar-refractivity contribution >= 4 is 29.6 Å². The summed E-state index contributed by atoms with van der Waals surface area (Å²) in [7, 11) is 0. The molecule has 1 unspecified atom stereocenters. The molecule has 0 saturated carbocycles. The van der Waals surface area contributed by atoms with E-state index in [9.17, 15) is 0 Å². The molecule has 0 bridgehead atoms. The molecule has 0 fully saturated rings. The van der Waals surface area contributed by atoms with Gasteiger partial charge in [-0.05, 0) is 0 Å². The van der Waals surface area contributed by atoms with E-state index in [4.69, 9.17) is 10.8 Å². The van der Waals surface area contributed by atoms with Crippen LogP contribution >= 0.6 is 24.8 Å². The summed E-state index contributed by atoms with van der Waals surface area (Å²) in [5.41, 5.74) is 10.9. The van der Waals surface area contributed by atoms with Gasteiger partial charge in [0.25, 0.3) is 0 Å². The molecule has 0 heterocycles. The Morgan fingerprint density at radius 3 is 1.50 bits per heavy atom. The van der Waals surface area contributed by atoms with Crippen molar-refractivity contribution in [3.8, 4) is 0 Å². The molecule has 2 N–H and O–H groups in total. The Kier molecular flexibility index (Phi) is 37.5. The van der Waals surface area contributed by atoms with E-state index >= 15 is 0 Å². The number of aliphatic hydroxyl groups is 1. The maximum atomic E-state index is 7.46. The van der Waals surface area contributed by atoms with E-state index in [1.807, 2.05) is 20.8 Å². The molecule has 136 valence electrons. The monoisotopic (exact) mass is 387 g/mol. The SMILES string of the molecule is CC(C)(C)[NH-].CC1=[C-]C(C)C(C)=C1C.Cl.Cl.[CH2-]CO.[CH2]=[Ti].[CH3-]. The van der Waals surface area contributed by atoms with Crippen LogP contribution in [0, 0.1) is 26.3 Å². The topological polar surface area (TPSA) is 44.0 Å². The van der Waals surface area contributed by atoms with Crippen LogP contribution < -0.4 is 0 Å². The van der Waals surface area contributed by atoms with Crippen LogP contribution in [0.4, 0.5) is 0 Å². The predicted octanol–water partition coefficient (Wildman–Crippen LogP) is 5.63. The number of aliphatic hydroxyl groups excluding tert-OH is 1. The molecule has 1 rings (SSSR count). The van der Waals surface area contributed by atoms with Crippen LogP contribution in [0.3, 0.4) is 0 Å². The van der Waals surface area contributed by atoms with Crippen LogP contribution in [0.2, 0.25) is 0 Å². The fourth-order valence-corrected chi connectivity index (χ4v) is 1.16. The van der Waals surface area contributed by atoms with Crippen molar-refractivity contribution in [3.63, 3.8) is 0 Å². The zero-order valence-corrected chi connectivity index (χ0v) is 18.7. The van der Waals surface area contributed by atoms with Crippen LogP contribution in [-0.2, 0) is 20.0 Å². The Morgan fingerprint density at radius 1 is 1.23 bits per heavy atom. The third-order valence-corrected chi connectivity index (χ3v) is 2.24. The van der Waals surface area contributed by atoms with E-state index in [-0.39, 0.29) is 44.4 Å². The molecular formula is C17H35Cl2NOTi-4. The summed E-state index contributed by atoms with van der Waals surface area (Å²) in [5.74, 6) is 0.560. The van der Waals surface area contributed by atoms with E-state index in [1.54, 1.807) is 20.0 Å². The smallest absolute Gasteiger partial charge is 0.358 e. The van der Waals surface area contributed by atoms with E-state index in [2.05, 4.69) is 45.5 Å². The fourth-order valence-electron chi connectivity index (χ4n) is 1.16. The summed E-state index contributed by atoms with van der Waals surface area (Å²) < 4.78 is 0. The van der Waals surface area contributed by atoms with E-state index in [1.165, 1.54) is 16.7 Å². The van der Waals surface area contributed by atoms with Gasteiger partial charge in [0, 0.05) is 0 Å². The summed E-state index contributed by atoms with van der Waals surface area (Å²) >= 11 is 1.75. The second kappa shape index (κ2) is 21.6. The molecule has 0 aromatic carbocycles. The molecule has 0 amide bonds. The molecule has 0 aromatic heterocycles. The van der Waals surface area contributed by atoms with Crippen molar-refractivity contribution in [2.75, 3.05) is 6.61 Å². The van der Waals surface area contributed by atoms with Crippen molar-refractivity contribution in [1.82, 2.24) is 0 Å². The van der Waals surface area contributed by atoms with Crippen molar-refractivity contribution < 1.29 is 25.1 Å². The average Bonchev–Trinajstić information content (AvgIpc) is 2.47. The Labute approximate surface area is 163 Å². The molecule has 1 aliphatic rings. The van der Waals surface area contributed by atoms with Gasteiger partial charge in [0.2, 0.25) is 0 Å². The van der Waals surface area contributed by atoms with Gasteiger partial charge in [-0.1, -0.05) is 54.1 Å². The molecular weight excluding hydrogens is 353 g/mol. The molecule has 0 spiro atoms. The third kappa shape index (κ3) is 28.7. The number of nitrogens with one attached hydrogen (secondary N) is 1. The van der Waals surface area contributed by atoms with Crippen molar-refractivity contribution in [2.24, 2.45) is 5.92 Å². The second-order valence-electron chi connectivity index (χ2n) is 5.27. The minimum Gasteiger partial charge on any atom is -0.358 e. The molecule has 1 aliphatic carbocycles.